The maximum Gasteiger partial charge on any atom is 0.261 e. The highest BCUT2D eigenvalue weighted by atomic mass is 32.2. The van der Waals surface area contributed by atoms with Gasteiger partial charge in [-0.05, 0) is 41.5 Å². The third-order valence-corrected chi connectivity index (χ3v) is 6.16. The molecule has 1 aliphatic heterocycles. The van der Waals surface area contributed by atoms with Crippen LogP contribution in [0.25, 0.3) is 10.8 Å². The van der Waals surface area contributed by atoms with Gasteiger partial charge in [-0.1, -0.05) is 48.5 Å². The number of amides is 3. The van der Waals surface area contributed by atoms with E-state index in [4.69, 9.17) is 0 Å². The number of nitrogens with one attached hydrogen (secondary N) is 1. The van der Waals surface area contributed by atoms with E-state index in [0.29, 0.717) is 23.4 Å². The lowest BCUT2D eigenvalue weighted by atomic mass is 10.0. The van der Waals surface area contributed by atoms with Crippen LogP contribution in [0.2, 0.25) is 0 Å². The Kier molecular flexibility index (Phi) is 5.86. The number of hydrogen-bond acceptors (Lipinski definition) is 4. The molecule has 0 fully saturated rings. The van der Waals surface area contributed by atoms with Crippen LogP contribution in [0.5, 0.6) is 0 Å². The van der Waals surface area contributed by atoms with Crippen LogP contribution in [-0.2, 0) is 4.79 Å². The molecule has 4 rings (SSSR count). The Morgan fingerprint density at radius 1 is 0.933 bits per heavy atom. The van der Waals surface area contributed by atoms with Crippen molar-refractivity contribution >= 4 is 40.3 Å². The number of carbonyl (C=O) groups is 3. The fourth-order valence-corrected chi connectivity index (χ4v) is 4.33. The van der Waals surface area contributed by atoms with E-state index < -0.39 is 0 Å². The van der Waals surface area contributed by atoms with E-state index in [1.165, 1.54) is 22.0 Å². The molecule has 0 radical (unpaired) electrons. The maximum atomic E-state index is 12.3. The molecule has 0 unspecified atom stereocenters. The molecule has 0 spiro atoms. The molecule has 0 aliphatic carbocycles. The van der Waals surface area contributed by atoms with Gasteiger partial charge in [0.2, 0.25) is 5.91 Å². The van der Waals surface area contributed by atoms with Gasteiger partial charge >= 0.3 is 0 Å². The van der Waals surface area contributed by atoms with Crippen molar-refractivity contribution < 1.29 is 14.4 Å². The minimum atomic E-state index is -0.259. The predicted octanol–water partition coefficient (Wildman–Crippen LogP) is 4.05. The quantitative estimate of drug-likeness (QED) is 0.464. The summed E-state index contributed by atoms with van der Waals surface area (Å²) in [4.78, 5) is 38.3. The summed E-state index contributed by atoms with van der Waals surface area (Å²) >= 11 is 1.41. The maximum absolute atomic E-state index is 12.3. The average Bonchev–Trinajstić information content (AvgIpc) is 3.01. The summed E-state index contributed by atoms with van der Waals surface area (Å²) in [5, 5.41) is 5.33. The zero-order valence-electron chi connectivity index (χ0n) is 16.6. The van der Waals surface area contributed by atoms with Crippen LogP contribution in [0.15, 0.2) is 66.7 Å². The Hall–Kier alpha value is -3.12. The second kappa shape index (κ2) is 8.71. The van der Waals surface area contributed by atoms with Crippen molar-refractivity contribution in [1.82, 2.24) is 10.2 Å². The van der Waals surface area contributed by atoms with E-state index in [-0.39, 0.29) is 29.5 Å². The van der Waals surface area contributed by atoms with E-state index in [1.54, 1.807) is 24.3 Å². The van der Waals surface area contributed by atoms with Gasteiger partial charge in [-0.3, -0.25) is 19.3 Å². The summed E-state index contributed by atoms with van der Waals surface area (Å²) in [6.07, 6.45) is 0. The average molecular weight is 419 g/mol. The highest BCUT2D eigenvalue weighted by molar-refractivity contribution is 7.99. The number of nitrogens with zero attached hydrogens (tertiary/aromatic N) is 1. The Bertz CT molecular complexity index is 1090. The largest absolute Gasteiger partial charge is 0.349 e. The highest BCUT2D eigenvalue weighted by Crippen LogP contribution is 2.23. The zero-order chi connectivity index (χ0) is 21.1. The standard InChI is InChI=1S/C24H22N2O3S/c1-16(18-11-10-17-6-2-3-7-19(17)14-18)25-22(27)15-30-13-12-26-23(28)20-8-4-5-9-21(20)24(26)29/h2-11,14,16H,12-13,15H2,1H3,(H,25,27)/t16-/m0/s1. The smallest absolute Gasteiger partial charge is 0.261 e. The molecule has 0 bridgehead atoms. The number of rotatable bonds is 7. The van der Waals surface area contributed by atoms with Gasteiger partial charge in [-0.15, -0.1) is 0 Å². The van der Waals surface area contributed by atoms with E-state index in [2.05, 4.69) is 29.6 Å². The Morgan fingerprint density at radius 3 is 2.27 bits per heavy atom. The van der Waals surface area contributed by atoms with Crippen LogP contribution in [-0.4, -0.2) is 40.7 Å². The van der Waals surface area contributed by atoms with Gasteiger partial charge in [0.1, 0.15) is 0 Å². The van der Waals surface area contributed by atoms with Gasteiger partial charge in [0.15, 0.2) is 0 Å². The van der Waals surface area contributed by atoms with Crippen LogP contribution in [0.1, 0.15) is 39.2 Å². The molecule has 5 nitrogen and oxygen atoms in total. The number of thioether (sulfide) groups is 1. The van der Waals surface area contributed by atoms with E-state index in [0.717, 1.165) is 10.9 Å². The Balaban J connectivity index is 1.25. The second-order valence-electron chi connectivity index (χ2n) is 7.26. The molecule has 3 aromatic carbocycles. The first-order valence-electron chi connectivity index (χ1n) is 9.85. The minimum Gasteiger partial charge on any atom is -0.349 e. The lowest BCUT2D eigenvalue weighted by molar-refractivity contribution is -0.119. The van der Waals surface area contributed by atoms with Crippen molar-refractivity contribution in [3.63, 3.8) is 0 Å². The summed E-state index contributed by atoms with van der Waals surface area (Å²) in [6, 6.07) is 21.1. The molecule has 3 aromatic rings. The number of hydrogen-bond donors (Lipinski definition) is 1. The van der Waals surface area contributed by atoms with Crippen molar-refractivity contribution in [3.05, 3.63) is 83.4 Å². The topological polar surface area (TPSA) is 66.5 Å². The zero-order valence-corrected chi connectivity index (χ0v) is 17.4. The van der Waals surface area contributed by atoms with Crippen molar-refractivity contribution in [3.8, 4) is 0 Å². The molecule has 3 amide bonds. The number of fused-ring (bicyclic) bond motifs is 2. The molecule has 1 N–H and O–H groups in total. The van der Waals surface area contributed by atoms with Gasteiger partial charge < -0.3 is 5.32 Å². The Morgan fingerprint density at radius 2 is 1.57 bits per heavy atom. The number of imide groups is 1. The van der Waals surface area contributed by atoms with Gasteiger partial charge in [-0.25, -0.2) is 0 Å². The molecule has 152 valence electrons. The molecule has 0 saturated carbocycles. The van der Waals surface area contributed by atoms with Crippen LogP contribution in [0, 0.1) is 0 Å². The third kappa shape index (κ3) is 4.09. The molecular weight excluding hydrogens is 396 g/mol. The van der Waals surface area contributed by atoms with Gasteiger partial charge in [0.25, 0.3) is 11.8 Å². The van der Waals surface area contributed by atoms with Crippen molar-refractivity contribution in [2.24, 2.45) is 0 Å². The number of carbonyl (C=O) groups excluding carboxylic acids is 3. The summed E-state index contributed by atoms with van der Waals surface area (Å²) in [7, 11) is 0. The van der Waals surface area contributed by atoms with E-state index in [1.807, 2.05) is 25.1 Å². The van der Waals surface area contributed by atoms with Crippen molar-refractivity contribution in [1.29, 1.82) is 0 Å². The normalized spacial score (nSPS) is 14.1. The van der Waals surface area contributed by atoms with Crippen LogP contribution in [0.4, 0.5) is 0 Å². The lowest BCUT2D eigenvalue weighted by Crippen LogP contribution is -2.32. The summed E-state index contributed by atoms with van der Waals surface area (Å²) < 4.78 is 0. The molecule has 0 saturated heterocycles. The third-order valence-electron chi connectivity index (χ3n) is 5.22. The first-order valence-corrected chi connectivity index (χ1v) is 11.0. The summed E-state index contributed by atoms with van der Waals surface area (Å²) in [5.74, 6) is 0.212. The molecule has 0 aromatic heterocycles. The van der Waals surface area contributed by atoms with E-state index >= 15 is 0 Å². The first-order chi connectivity index (χ1) is 14.5. The molecule has 1 aliphatic rings. The highest BCUT2D eigenvalue weighted by Gasteiger charge is 2.34. The summed E-state index contributed by atoms with van der Waals surface area (Å²) in [6.45, 7) is 2.26. The van der Waals surface area contributed by atoms with Gasteiger partial charge in [-0.2, -0.15) is 11.8 Å². The molecule has 30 heavy (non-hydrogen) atoms. The van der Waals surface area contributed by atoms with Crippen LogP contribution < -0.4 is 5.32 Å². The molecule has 1 heterocycles. The predicted molar refractivity (Wildman–Crippen MR) is 120 cm³/mol. The van der Waals surface area contributed by atoms with Crippen molar-refractivity contribution in [2.45, 2.75) is 13.0 Å². The van der Waals surface area contributed by atoms with Crippen molar-refractivity contribution in [2.75, 3.05) is 18.1 Å². The SMILES string of the molecule is C[C@H](NC(=O)CSCCN1C(=O)c2ccccc2C1=O)c1ccc2ccccc2c1. The fourth-order valence-electron chi connectivity index (χ4n) is 3.61. The number of benzene rings is 3. The molecule has 1 atom stereocenters. The summed E-state index contributed by atoms with van der Waals surface area (Å²) in [5.41, 5.74) is 1.96. The van der Waals surface area contributed by atoms with Crippen LogP contribution >= 0.6 is 11.8 Å². The van der Waals surface area contributed by atoms with Gasteiger partial charge in [0, 0.05) is 12.3 Å². The lowest BCUT2D eigenvalue weighted by Gasteiger charge is -2.16. The van der Waals surface area contributed by atoms with E-state index in [9.17, 15) is 14.4 Å². The van der Waals surface area contributed by atoms with Gasteiger partial charge in [0.05, 0.1) is 22.9 Å². The first kappa shape index (κ1) is 20.2. The monoisotopic (exact) mass is 418 g/mol. The molecule has 6 heteroatoms. The molecular formula is C24H22N2O3S. The Labute approximate surface area is 179 Å². The van der Waals surface area contributed by atoms with Crippen LogP contribution in [0.3, 0.4) is 0 Å². The minimum absolute atomic E-state index is 0.0666. The second-order valence-corrected chi connectivity index (χ2v) is 8.36. The fraction of sp³-hybridized carbons (Fsp3) is 0.208.